The minimum atomic E-state index is -0.883. The van der Waals surface area contributed by atoms with Gasteiger partial charge in [0.25, 0.3) is 0 Å². The van der Waals surface area contributed by atoms with Crippen molar-refractivity contribution >= 4 is 11.8 Å². The summed E-state index contributed by atoms with van der Waals surface area (Å²) in [5.41, 5.74) is 0. The highest BCUT2D eigenvalue weighted by molar-refractivity contribution is 5.84. The number of hydrogen-bond acceptors (Lipinski definition) is 3. The van der Waals surface area contributed by atoms with Crippen molar-refractivity contribution in [2.24, 2.45) is 11.8 Å². The molecule has 1 rings (SSSR count). The molecule has 0 radical (unpaired) electrons. The number of carbonyl (C=O) groups is 2. The summed E-state index contributed by atoms with van der Waals surface area (Å²) in [5, 5.41) is 8.57. The lowest BCUT2D eigenvalue weighted by atomic mass is 9.79. The third kappa shape index (κ3) is 6.71. The number of carboxylic acids is 1. The van der Waals surface area contributed by atoms with Crippen LogP contribution in [0.4, 0.5) is 0 Å². The van der Waals surface area contributed by atoms with Gasteiger partial charge in [0, 0.05) is 25.6 Å². The summed E-state index contributed by atoms with van der Waals surface area (Å²) in [6.07, 6.45) is 6.32. The SMILES string of the molecule is CCCCOC[C@H]1CC[C@H](C(=O)CCC(=O)O)CC1. The summed E-state index contributed by atoms with van der Waals surface area (Å²) in [6, 6.07) is 0. The van der Waals surface area contributed by atoms with Gasteiger partial charge in [-0.2, -0.15) is 0 Å². The van der Waals surface area contributed by atoms with E-state index in [4.69, 9.17) is 9.84 Å². The van der Waals surface area contributed by atoms with Crippen molar-refractivity contribution in [3.05, 3.63) is 0 Å². The second kappa shape index (κ2) is 9.08. The number of ketones is 1. The predicted molar refractivity (Wildman–Crippen MR) is 73.1 cm³/mol. The Labute approximate surface area is 115 Å². The van der Waals surface area contributed by atoms with Crippen molar-refractivity contribution in [3.63, 3.8) is 0 Å². The van der Waals surface area contributed by atoms with E-state index in [-0.39, 0.29) is 24.5 Å². The molecule has 0 heterocycles. The van der Waals surface area contributed by atoms with Crippen LogP contribution in [-0.2, 0) is 14.3 Å². The van der Waals surface area contributed by atoms with E-state index in [0.29, 0.717) is 5.92 Å². The maximum absolute atomic E-state index is 11.8. The van der Waals surface area contributed by atoms with Gasteiger partial charge in [0.05, 0.1) is 6.42 Å². The number of unbranched alkanes of at least 4 members (excludes halogenated alkanes) is 1. The zero-order valence-electron chi connectivity index (χ0n) is 11.9. The van der Waals surface area contributed by atoms with E-state index in [1.54, 1.807) is 0 Å². The molecule has 0 spiro atoms. The highest BCUT2D eigenvalue weighted by Crippen LogP contribution is 2.30. The molecular weight excluding hydrogens is 244 g/mol. The Hall–Kier alpha value is -0.900. The van der Waals surface area contributed by atoms with Gasteiger partial charge in [-0.15, -0.1) is 0 Å². The second-order valence-corrected chi connectivity index (χ2v) is 5.51. The minimum Gasteiger partial charge on any atom is -0.481 e. The van der Waals surface area contributed by atoms with Crippen molar-refractivity contribution in [2.75, 3.05) is 13.2 Å². The number of Topliss-reactive ketones (excluding diaryl/α,β-unsaturated/α-hetero) is 1. The van der Waals surface area contributed by atoms with Crippen LogP contribution in [0.2, 0.25) is 0 Å². The van der Waals surface area contributed by atoms with Crippen LogP contribution in [0.5, 0.6) is 0 Å². The van der Waals surface area contributed by atoms with Crippen molar-refractivity contribution in [1.82, 2.24) is 0 Å². The first-order valence-electron chi connectivity index (χ1n) is 7.45. The topological polar surface area (TPSA) is 63.6 Å². The molecule has 0 unspecified atom stereocenters. The molecule has 1 saturated carbocycles. The average Bonchev–Trinajstić information content (AvgIpc) is 2.41. The molecule has 0 bridgehead atoms. The van der Waals surface area contributed by atoms with E-state index < -0.39 is 5.97 Å². The van der Waals surface area contributed by atoms with Crippen LogP contribution in [-0.4, -0.2) is 30.1 Å². The predicted octanol–water partition coefficient (Wildman–Crippen LogP) is 3.04. The van der Waals surface area contributed by atoms with Crippen LogP contribution < -0.4 is 0 Å². The molecule has 4 nitrogen and oxygen atoms in total. The maximum atomic E-state index is 11.8. The van der Waals surface area contributed by atoms with E-state index >= 15 is 0 Å². The third-order valence-corrected chi connectivity index (χ3v) is 3.88. The number of hydrogen-bond donors (Lipinski definition) is 1. The molecule has 1 N–H and O–H groups in total. The summed E-state index contributed by atoms with van der Waals surface area (Å²) >= 11 is 0. The molecular formula is C15H26O4. The number of rotatable bonds is 9. The molecule has 0 saturated heterocycles. The van der Waals surface area contributed by atoms with Crippen LogP contribution in [0.15, 0.2) is 0 Å². The lowest BCUT2D eigenvalue weighted by Crippen LogP contribution is -2.24. The van der Waals surface area contributed by atoms with Gasteiger partial charge in [-0.25, -0.2) is 0 Å². The van der Waals surface area contributed by atoms with Gasteiger partial charge >= 0.3 is 5.97 Å². The Bertz CT molecular complexity index is 280. The standard InChI is InChI=1S/C15H26O4/c1-2-3-10-19-11-12-4-6-13(7-5-12)14(16)8-9-15(17)18/h12-13H,2-11H2,1H3,(H,17,18)/t12-,13-. The Balaban J connectivity index is 2.14. The number of ether oxygens (including phenoxy) is 1. The Morgan fingerprint density at radius 3 is 2.42 bits per heavy atom. The number of carbonyl (C=O) groups excluding carboxylic acids is 1. The summed E-state index contributed by atoms with van der Waals surface area (Å²) in [7, 11) is 0. The minimum absolute atomic E-state index is 0.0289. The molecule has 4 heteroatoms. The first kappa shape index (κ1) is 16.2. The zero-order chi connectivity index (χ0) is 14.1. The Kier molecular flexibility index (Phi) is 7.72. The first-order chi connectivity index (χ1) is 9.13. The maximum Gasteiger partial charge on any atom is 0.303 e. The van der Waals surface area contributed by atoms with Gasteiger partial charge in [0.2, 0.25) is 0 Å². The summed E-state index contributed by atoms with van der Waals surface area (Å²) in [5.74, 6) is -0.0780. The first-order valence-corrected chi connectivity index (χ1v) is 7.45. The van der Waals surface area contributed by atoms with E-state index in [1.165, 1.54) is 0 Å². The van der Waals surface area contributed by atoms with Gasteiger partial charge in [0.1, 0.15) is 5.78 Å². The zero-order valence-corrected chi connectivity index (χ0v) is 11.9. The quantitative estimate of drug-likeness (QED) is 0.654. The molecule has 0 aliphatic heterocycles. The fourth-order valence-corrected chi connectivity index (χ4v) is 2.58. The number of aliphatic carboxylic acids is 1. The van der Waals surface area contributed by atoms with E-state index in [1.807, 2.05) is 0 Å². The monoisotopic (exact) mass is 270 g/mol. The third-order valence-electron chi connectivity index (χ3n) is 3.88. The molecule has 110 valence electrons. The van der Waals surface area contributed by atoms with Crippen molar-refractivity contribution in [2.45, 2.75) is 58.3 Å². The van der Waals surface area contributed by atoms with E-state index in [2.05, 4.69) is 6.92 Å². The van der Waals surface area contributed by atoms with Gasteiger partial charge in [0.15, 0.2) is 0 Å². The van der Waals surface area contributed by atoms with Gasteiger partial charge in [-0.05, 0) is 38.0 Å². The van der Waals surface area contributed by atoms with Crippen molar-refractivity contribution in [3.8, 4) is 0 Å². The Morgan fingerprint density at radius 1 is 1.16 bits per heavy atom. The van der Waals surface area contributed by atoms with Gasteiger partial charge < -0.3 is 9.84 Å². The summed E-state index contributed by atoms with van der Waals surface area (Å²) < 4.78 is 5.63. The van der Waals surface area contributed by atoms with Crippen LogP contribution in [0, 0.1) is 11.8 Å². The number of carboxylic acid groups (broad SMARTS) is 1. The van der Waals surface area contributed by atoms with E-state index in [0.717, 1.165) is 51.7 Å². The van der Waals surface area contributed by atoms with Gasteiger partial charge in [-0.3, -0.25) is 9.59 Å². The lowest BCUT2D eigenvalue weighted by molar-refractivity contribution is -0.139. The molecule has 19 heavy (non-hydrogen) atoms. The van der Waals surface area contributed by atoms with Gasteiger partial charge in [-0.1, -0.05) is 13.3 Å². The van der Waals surface area contributed by atoms with Crippen LogP contribution in [0.1, 0.15) is 58.3 Å². The van der Waals surface area contributed by atoms with Crippen LogP contribution in [0.25, 0.3) is 0 Å². The molecule has 0 aromatic heterocycles. The highest BCUT2D eigenvalue weighted by Gasteiger charge is 2.26. The normalized spacial score (nSPS) is 23.2. The van der Waals surface area contributed by atoms with Crippen molar-refractivity contribution < 1.29 is 19.4 Å². The molecule has 0 aromatic rings. The smallest absolute Gasteiger partial charge is 0.303 e. The largest absolute Gasteiger partial charge is 0.481 e. The van der Waals surface area contributed by atoms with Crippen LogP contribution >= 0.6 is 0 Å². The lowest BCUT2D eigenvalue weighted by Gasteiger charge is -2.27. The van der Waals surface area contributed by atoms with E-state index in [9.17, 15) is 9.59 Å². The molecule has 0 atom stereocenters. The summed E-state index contributed by atoms with van der Waals surface area (Å²) in [6.45, 7) is 3.81. The molecule has 0 aromatic carbocycles. The Morgan fingerprint density at radius 2 is 1.84 bits per heavy atom. The molecule has 0 amide bonds. The average molecular weight is 270 g/mol. The van der Waals surface area contributed by atoms with Crippen LogP contribution in [0.3, 0.4) is 0 Å². The fourth-order valence-electron chi connectivity index (χ4n) is 2.58. The highest BCUT2D eigenvalue weighted by atomic mass is 16.5. The fraction of sp³-hybridized carbons (Fsp3) is 0.867. The molecule has 1 aliphatic rings. The van der Waals surface area contributed by atoms with Crippen molar-refractivity contribution in [1.29, 1.82) is 0 Å². The second-order valence-electron chi connectivity index (χ2n) is 5.51. The molecule has 1 aliphatic carbocycles. The summed E-state index contributed by atoms with van der Waals surface area (Å²) in [4.78, 5) is 22.3. The molecule has 1 fully saturated rings.